The Morgan fingerprint density at radius 3 is 2.63 bits per heavy atom. The van der Waals surface area contributed by atoms with Crippen molar-refractivity contribution in [1.29, 1.82) is 0 Å². The van der Waals surface area contributed by atoms with Gasteiger partial charge < -0.3 is 20.4 Å². The summed E-state index contributed by atoms with van der Waals surface area (Å²) in [5.41, 5.74) is 1.52. The van der Waals surface area contributed by atoms with Crippen LogP contribution in [-0.2, 0) is 4.79 Å². The summed E-state index contributed by atoms with van der Waals surface area (Å²) in [6.07, 6.45) is 14.9. The summed E-state index contributed by atoms with van der Waals surface area (Å²) in [5.74, 6) is 1.73. The van der Waals surface area contributed by atoms with Gasteiger partial charge in [-0.1, -0.05) is 36.4 Å². The summed E-state index contributed by atoms with van der Waals surface area (Å²) < 4.78 is 0. The van der Waals surface area contributed by atoms with Crippen molar-refractivity contribution in [3.8, 4) is 0 Å². The number of benzene rings is 1. The van der Waals surface area contributed by atoms with Gasteiger partial charge in [-0.05, 0) is 48.5 Å². The average molecular weight is 402 g/mol. The van der Waals surface area contributed by atoms with Crippen LogP contribution in [0.25, 0.3) is 0 Å². The molecule has 6 heteroatoms. The van der Waals surface area contributed by atoms with Crippen molar-refractivity contribution >= 4 is 17.6 Å². The number of hydrogen-bond donors (Lipinski definition) is 2. The molecule has 3 amide bonds. The van der Waals surface area contributed by atoms with Crippen LogP contribution < -0.4 is 10.6 Å². The Labute approximate surface area is 176 Å². The van der Waals surface area contributed by atoms with E-state index in [2.05, 4.69) is 16.7 Å². The summed E-state index contributed by atoms with van der Waals surface area (Å²) in [6.45, 7) is 2.30. The van der Waals surface area contributed by atoms with Crippen LogP contribution >= 0.6 is 0 Å². The number of allylic oxidation sites excluding steroid dienone is 2. The van der Waals surface area contributed by atoms with Crippen LogP contribution in [0.5, 0.6) is 0 Å². The standard InChI is InChI=1S/C24H26N4O2/c29-23(17-9-10-19-8-4-5-13-27(19)14-17)25-12-11-20-21-15-28(16-22(20)21)24(30)26-18-6-2-1-3-7-18/h1-10,13-14,19-22H,11-12,15-16H2,(H,25,29)(H,26,30)/t19?,20?,21-,22+. The molecular weight excluding hydrogens is 376 g/mol. The Balaban J connectivity index is 1.04. The van der Waals surface area contributed by atoms with E-state index >= 15 is 0 Å². The highest BCUT2D eigenvalue weighted by molar-refractivity contribution is 5.96. The number of carbonyl (C=O) groups is 2. The Hall–Kier alpha value is -3.28. The number of hydrogen-bond acceptors (Lipinski definition) is 3. The van der Waals surface area contributed by atoms with Crippen molar-refractivity contribution in [2.24, 2.45) is 17.8 Å². The molecule has 4 aliphatic rings. The number of amides is 3. The fourth-order valence-corrected chi connectivity index (χ4v) is 4.78. The van der Waals surface area contributed by atoms with E-state index in [0.717, 1.165) is 25.2 Å². The monoisotopic (exact) mass is 402 g/mol. The maximum absolute atomic E-state index is 12.5. The number of nitrogens with one attached hydrogen (secondary N) is 2. The summed E-state index contributed by atoms with van der Waals surface area (Å²) >= 11 is 0. The fourth-order valence-electron chi connectivity index (χ4n) is 4.78. The number of rotatable bonds is 5. The highest BCUT2D eigenvalue weighted by Gasteiger charge is 2.55. The van der Waals surface area contributed by atoms with E-state index in [1.165, 1.54) is 0 Å². The van der Waals surface area contributed by atoms with Gasteiger partial charge in [0.2, 0.25) is 0 Å². The van der Waals surface area contributed by atoms with E-state index in [1.807, 2.05) is 76.8 Å². The predicted octanol–water partition coefficient (Wildman–Crippen LogP) is 3.11. The van der Waals surface area contributed by atoms with Gasteiger partial charge in [0.1, 0.15) is 0 Å². The van der Waals surface area contributed by atoms with E-state index in [-0.39, 0.29) is 18.0 Å². The molecular formula is C24H26N4O2. The van der Waals surface area contributed by atoms with Crippen molar-refractivity contribution in [3.63, 3.8) is 0 Å². The smallest absolute Gasteiger partial charge is 0.321 e. The number of carbonyl (C=O) groups excluding carboxylic acids is 2. The Bertz CT molecular complexity index is 937. The minimum atomic E-state index is -0.0256. The minimum absolute atomic E-state index is 0.0172. The van der Waals surface area contributed by atoms with E-state index in [9.17, 15) is 9.59 Å². The third kappa shape index (κ3) is 3.77. The molecule has 0 radical (unpaired) electrons. The van der Waals surface area contributed by atoms with Crippen LogP contribution in [0.1, 0.15) is 6.42 Å². The molecule has 1 aliphatic carbocycles. The lowest BCUT2D eigenvalue weighted by Crippen LogP contribution is -2.35. The molecule has 0 spiro atoms. The summed E-state index contributed by atoms with van der Waals surface area (Å²) in [5, 5.41) is 6.01. The van der Waals surface area contributed by atoms with Gasteiger partial charge in [0.05, 0.1) is 11.6 Å². The molecule has 154 valence electrons. The second-order valence-electron chi connectivity index (χ2n) is 8.35. The first kappa shape index (κ1) is 18.7. The Morgan fingerprint density at radius 2 is 1.83 bits per heavy atom. The van der Waals surface area contributed by atoms with Gasteiger partial charge in [-0.15, -0.1) is 0 Å². The Morgan fingerprint density at radius 1 is 1.03 bits per heavy atom. The number of likely N-dealkylation sites (tertiary alicyclic amines) is 1. The first-order chi connectivity index (χ1) is 14.7. The van der Waals surface area contributed by atoms with Gasteiger partial charge in [-0.3, -0.25) is 4.79 Å². The third-order valence-electron chi connectivity index (χ3n) is 6.49. The molecule has 1 saturated carbocycles. The Kier molecular flexibility index (Phi) is 4.91. The zero-order chi connectivity index (χ0) is 20.5. The topological polar surface area (TPSA) is 64.7 Å². The molecule has 6 nitrogen and oxygen atoms in total. The van der Waals surface area contributed by atoms with Gasteiger partial charge in [-0.25, -0.2) is 4.79 Å². The lowest BCUT2D eigenvalue weighted by molar-refractivity contribution is -0.117. The summed E-state index contributed by atoms with van der Waals surface area (Å²) in [7, 11) is 0. The molecule has 30 heavy (non-hydrogen) atoms. The van der Waals surface area contributed by atoms with Crippen LogP contribution in [0.3, 0.4) is 0 Å². The van der Waals surface area contributed by atoms with Gasteiger partial charge in [-0.2, -0.15) is 0 Å². The van der Waals surface area contributed by atoms with Crippen molar-refractivity contribution in [2.75, 3.05) is 25.0 Å². The van der Waals surface area contributed by atoms with Gasteiger partial charge in [0, 0.05) is 37.7 Å². The molecule has 1 aromatic rings. The molecule has 1 aromatic carbocycles. The lowest BCUT2D eigenvalue weighted by Gasteiger charge is -2.28. The quantitative estimate of drug-likeness (QED) is 0.795. The number of anilines is 1. The summed E-state index contributed by atoms with van der Waals surface area (Å²) in [4.78, 5) is 28.8. The highest BCUT2D eigenvalue weighted by Crippen LogP contribution is 2.53. The van der Waals surface area contributed by atoms with E-state index in [0.29, 0.717) is 29.9 Å². The zero-order valence-electron chi connectivity index (χ0n) is 16.8. The number of para-hydroxylation sites is 1. The molecule has 0 aromatic heterocycles. The van der Waals surface area contributed by atoms with Crippen LogP contribution in [0, 0.1) is 17.8 Å². The maximum atomic E-state index is 12.5. The van der Waals surface area contributed by atoms with Gasteiger partial charge in [0.15, 0.2) is 0 Å². The number of urea groups is 1. The second kappa shape index (κ2) is 7.86. The van der Waals surface area contributed by atoms with Crippen molar-refractivity contribution in [3.05, 3.63) is 78.7 Å². The van der Waals surface area contributed by atoms with Crippen LogP contribution in [0.15, 0.2) is 78.7 Å². The molecule has 0 bridgehead atoms. The van der Waals surface area contributed by atoms with Gasteiger partial charge >= 0.3 is 6.03 Å². The van der Waals surface area contributed by atoms with Crippen molar-refractivity contribution in [2.45, 2.75) is 12.5 Å². The van der Waals surface area contributed by atoms with Crippen LogP contribution in [0.2, 0.25) is 0 Å². The molecule has 2 fully saturated rings. The second-order valence-corrected chi connectivity index (χ2v) is 8.35. The zero-order valence-corrected chi connectivity index (χ0v) is 16.8. The van der Waals surface area contributed by atoms with E-state index < -0.39 is 0 Å². The lowest BCUT2D eigenvalue weighted by atomic mass is 10.1. The van der Waals surface area contributed by atoms with Gasteiger partial charge in [0.25, 0.3) is 5.91 Å². The minimum Gasteiger partial charge on any atom is -0.352 e. The highest BCUT2D eigenvalue weighted by atomic mass is 16.2. The SMILES string of the molecule is O=C(NCCC1[C@H]2CN(C(=O)Nc3ccccc3)C[C@@H]12)C1=CN2C=CC=CC2C=C1. The maximum Gasteiger partial charge on any atom is 0.321 e. The number of nitrogens with zero attached hydrogens (tertiary/aromatic N) is 2. The van der Waals surface area contributed by atoms with E-state index in [1.54, 1.807) is 0 Å². The number of fused-ring (bicyclic) bond motifs is 2. The van der Waals surface area contributed by atoms with E-state index in [4.69, 9.17) is 0 Å². The first-order valence-electron chi connectivity index (χ1n) is 10.6. The molecule has 1 saturated heterocycles. The molecule has 5 rings (SSSR count). The fraction of sp³-hybridized carbons (Fsp3) is 0.333. The van der Waals surface area contributed by atoms with Crippen molar-refractivity contribution in [1.82, 2.24) is 15.1 Å². The van der Waals surface area contributed by atoms with Crippen LogP contribution in [-0.4, -0.2) is 47.4 Å². The average Bonchev–Trinajstić information content (AvgIpc) is 3.22. The van der Waals surface area contributed by atoms with Crippen molar-refractivity contribution < 1.29 is 9.59 Å². The molecule has 3 aliphatic heterocycles. The normalized spacial score (nSPS) is 27.9. The molecule has 2 N–H and O–H groups in total. The predicted molar refractivity (Wildman–Crippen MR) is 116 cm³/mol. The van der Waals surface area contributed by atoms with Crippen LogP contribution in [0.4, 0.5) is 10.5 Å². The first-order valence-corrected chi connectivity index (χ1v) is 10.6. The molecule has 3 heterocycles. The largest absolute Gasteiger partial charge is 0.352 e. The number of piperidine rings is 1. The molecule has 2 unspecified atom stereocenters. The third-order valence-corrected chi connectivity index (χ3v) is 6.49. The summed E-state index contributed by atoms with van der Waals surface area (Å²) in [6, 6.07) is 9.75. The molecule has 4 atom stereocenters.